The summed E-state index contributed by atoms with van der Waals surface area (Å²) in [6.07, 6.45) is 0. The number of hydrogen-bond donors (Lipinski definition) is 1. The molecule has 1 aromatic carbocycles. The smallest absolute Gasteiger partial charge is 0.131 e. The van der Waals surface area contributed by atoms with Crippen LogP contribution in [0.5, 0.6) is 0 Å². The van der Waals surface area contributed by atoms with E-state index in [0.29, 0.717) is 17.7 Å². The van der Waals surface area contributed by atoms with E-state index >= 15 is 0 Å². The SMILES string of the molecule is CCNC(c1cc(C)c(F)cc1F)c1cscc1Br. The zero-order chi connectivity index (χ0) is 14.0. The molecule has 2 rings (SSSR count). The first-order valence-corrected chi connectivity index (χ1v) is 7.68. The molecule has 2 aromatic rings. The molecule has 0 bridgehead atoms. The van der Waals surface area contributed by atoms with Crippen LogP contribution in [-0.4, -0.2) is 6.54 Å². The fraction of sp³-hybridized carbons (Fsp3) is 0.286. The molecule has 0 spiro atoms. The van der Waals surface area contributed by atoms with E-state index in [1.807, 2.05) is 17.7 Å². The summed E-state index contributed by atoms with van der Waals surface area (Å²) in [7, 11) is 0. The fourth-order valence-electron chi connectivity index (χ4n) is 1.99. The second-order valence-corrected chi connectivity index (χ2v) is 5.89. The van der Waals surface area contributed by atoms with Crippen molar-refractivity contribution in [3.63, 3.8) is 0 Å². The molecule has 0 radical (unpaired) electrons. The molecule has 0 aliphatic heterocycles. The van der Waals surface area contributed by atoms with Gasteiger partial charge < -0.3 is 5.32 Å². The van der Waals surface area contributed by atoms with Crippen molar-refractivity contribution in [3.05, 3.63) is 55.7 Å². The van der Waals surface area contributed by atoms with Gasteiger partial charge in [-0.25, -0.2) is 8.78 Å². The zero-order valence-electron chi connectivity index (χ0n) is 10.6. The van der Waals surface area contributed by atoms with Gasteiger partial charge in [-0.3, -0.25) is 0 Å². The maximum atomic E-state index is 14.0. The highest BCUT2D eigenvalue weighted by atomic mass is 79.9. The van der Waals surface area contributed by atoms with Crippen LogP contribution in [0.25, 0.3) is 0 Å². The molecule has 0 aliphatic rings. The summed E-state index contributed by atoms with van der Waals surface area (Å²) in [5.74, 6) is -1.03. The van der Waals surface area contributed by atoms with Crippen LogP contribution in [0.15, 0.2) is 27.4 Å². The third-order valence-electron chi connectivity index (χ3n) is 2.95. The highest BCUT2D eigenvalue weighted by molar-refractivity contribution is 9.10. The van der Waals surface area contributed by atoms with Gasteiger partial charge in [0.2, 0.25) is 0 Å². The molecular formula is C14H14BrF2NS. The molecule has 0 fully saturated rings. The van der Waals surface area contributed by atoms with Crippen LogP contribution in [-0.2, 0) is 0 Å². The average Bonchev–Trinajstić information content (AvgIpc) is 2.77. The van der Waals surface area contributed by atoms with E-state index < -0.39 is 11.6 Å². The molecule has 1 atom stereocenters. The Balaban J connectivity index is 2.51. The van der Waals surface area contributed by atoms with Crippen LogP contribution in [0.4, 0.5) is 8.78 Å². The first-order chi connectivity index (χ1) is 9.04. The highest BCUT2D eigenvalue weighted by Gasteiger charge is 2.21. The lowest BCUT2D eigenvalue weighted by molar-refractivity contribution is 0.537. The molecule has 1 nitrogen and oxygen atoms in total. The molecule has 1 aromatic heterocycles. The Bertz CT molecular complexity index is 583. The van der Waals surface area contributed by atoms with Gasteiger partial charge in [-0.1, -0.05) is 6.92 Å². The van der Waals surface area contributed by atoms with Gasteiger partial charge in [-0.05, 0) is 52.0 Å². The molecule has 1 unspecified atom stereocenters. The van der Waals surface area contributed by atoms with Crippen molar-refractivity contribution >= 4 is 27.3 Å². The number of halogens is 3. The number of benzene rings is 1. The lowest BCUT2D eigenvalue weighted by atomic mass is 9.98. The Hall–Kier alpha value is -0.780. The molecule has 1 heterocycles. The predicted octanol–water partition coefficient (Wildman–Crippen LogP) is 4.80. The monoisotopic (exact) mass is 345 g/mol. The Labute approximate surface area is 123 Å². The number of rotatable bonds is 4. The highest BCUT2D eigenvalue weighted by Crippen LogP contribution is 2.33. The van der Waals surface area contributed by atoms with E-state index in [1.54, 1.807) is 24.3 Å². The summed E-state index contributed by atoms with van der Waals surface area (Å²) in [6, 6.07) is 2.25. The van der Waals surface area contributed by atoms with Crippen molar-refractivity contribution in [2.45, 2.75) is 19.9 Å². The molecule has 0 saturated heterocycles. The van der Waals surface area contributed by atoms with Crippen molar-refractivity contribution < 1.29 is 8.78 Å². The van der Waals surface area contributed by atoms with Crippen LogP contribution in [0.3, 0.4) is 0 Å². The average molecular weight is 346 g/mol. The van der Waals surface area contributed by atoms with Gasteiger partial charge in [0.25, 0.3) is 0 Å². The second kappa shape index (κ2) is 6.11. The summed E-state index contributed by atoms with van der Waals surface area (Å²) in [5, 5.41) is 7.16. The maximum Gasteiger partial charge on any atom is 0.131 e. The van der Waals surface area contributed by atoms with Gasteiger partial charge in [0.1, 0.15) is 11.6 Å². The number of hydrogen-bond acceptors (Lipinski definition) is 2. The van der Waals surface area contributed by atoms with Crippen molar-refractivity contribution in [1.29, 1.82) is 0 Å². The lowest BCUT2D eigenvalue weighted by Gasteiger charge is -2.19. The molecule has 0 aliphatic carbocycles. The molecule has 102 valence electrons. The van der Waals surface area contributed by atoms with Gasteiger partial charge in [0.15, 0.2) is 0 Å². The molecule has 0 saturated carbocycles. The number of thiophene rings is 1. The maximum absolute atomic E-state index is 14.0. The summed E-state index contributed by atoms with van der Waals surface area (Å²) in [5.41, 5.74) is 1.89. The quantitative estimate of drug-likeness (QED) is 0.839. The minimum Gasteiger partial charge on any atom is -0.306 e. The second-order valence-electron chi connectivity index (χ2n) is 4.29. The molecule has 5 heteroatoms. The summed E-state index contributed by atoms with van der Waals surface area (Å²) in [6.45, 7) is 4.30. The van der Waals surface area contributed by atoms with Gasteiger partial charge >= 0.3 is 0 Å². The Kier molecular flexibility index (Phi) is 4.71. The Morgan fingerprint density at radius 2 is 1.95 bits per heavy atom. The van der Waals surface area contributed by atoms with Gasteiger partial charge in [0, 0.05) is 21.5 Å². The van der Waals surface area contributed by atoms with Crippen LogP contribution in [0, 0.1) is 18.6 Å². The largest absolute Gasteiger partial charge is 0.306 e. The molecule has 0 amide bonds. The van der Waals surface area contributed by atoms with E-state index in [1.165, 1.54) is 0 Å². The topological polar surface area (TPSA) is 12.0 Å². The Morgan fingerprint density at radius 1 is 1.21 bits per heavy atom. The van der Waals surface area contributed by atoms with Crippen LogP contribution in [0.1, 0.15) is 29.7 Å². The van der Waals surface area contributed by atoms with Gasteiger partial charge in [-0.15, -0.1) is 0 Å². The van der Waals surface area contributed by atoms with Crippen molar-refractivity contribution in [3.8, 4) is 0 Å². The van der Waals surface area contributed by atoms with Crippen LogP contribution in [0.2, 0.25) is 0 Å². The van der Waals surface area contributed by atoms with E-state index in [-0.39, 0.29) is 6.04 Å². The van der Waals surface area contributed by atoms with Crippen LogP contribution < -0.4 is 5.32 Å². The van der Waals surface area contributed by atoms with Crippen molar-refractivity contribution in [2.75, 3.05) is 6.54 Å². The number of nitrogens with one attached hydrogen (secondary N) is 1. The predicted molar refractivity (Wildman–Crippen MR) is 78.6 cm³/mol. The molecule has 1 N–H and O–H groups in total. The molecular weight excluding hydrogens is 332 g/mol. The summed E-state index contributed by atoms with van der Waals surface area (Å²) >= 11 is 5.01. The van der Waals surface area contributed by atoms with E-state index in [4.69, 9.17) is 0 Å². The normalized spacial score (nSPS) is 12.7. The minimum atomic E-state index is -0.521. The third kappa shape index (κ3) is 3.04. The minimum absolute atomic E-state index is 0.273. The third-order valence-corrected chi connectivity index (χ3v) is 4.70. The Morgan fingerprint density at radius 3 is 2.53 bits per heavy atom. The van der Waals surface area contributed by atoms with E-state index in [9.17, 15) is 8.78 Å². The fourth-order valence-corrected chi connectivity index (χ4v) is 3.54. The van der Waals surface area contributed by atoms with E-state index in [2.05, 4.69) is 21.2 Å². The summed E-state index contributed by atoms with van der Waals surface area (Å²) in [4.78, 5) is 0. The lowest BCUT2D eigenvalue weighted by Crippen LogP contribution is -2.23. The van der Waals surface area contributed by atoms with Crippen LogP contribution >= 0.6 is 27.3 Å². The van der Waals surface area contributed by atoms with Gasteiger partial charge in [0.05, 0.1) is 6.04 Å². The first-order valence-electron chi connectivity index (χ1n) is 5.95. The molecule has 19 heavy (non-hydrogen) atoms. The van der Waals surface area contributed by atoms with Crippen molar-refractivity contribution in [1.82, 2.24) is 5.32 Å². The van der Waals surface area contributed by atoms with E-state index in [0.717, 1.165) is 16.1 Å². The van der Waals surface area contributed by atoms with Crippen molar-refractivity contribution in [2.24, 2.45) is 0 Å². The zero-order valence-corrected chi connectivity index (χ0v) is 13.0. The summed E-state index contributed by atoms with van der Waals surface area (Å²) < 4.78 is 28.3. The number of aryl methyl sites for hydroxylation is 1. The standard InChI is InChI=1S/C14H14BrF2NS/c1-3-18-14(10-6-19-7-11(10)15)9-4-8(2)12(16)5-13(9)17/h4-7,14,18H,3H2,1-2H3. The first kappa shape index (κ1) is 14.6. The van der Waals surface area contributed by atoms with Gasteiger partial charge in [-0.2, -0.15) is 11.3 Å².